The molecule has 108 valence electrons. The molecule has 0 aromatic carbocycles. The van der Waals surface area contributed by atoms with Gasteiger partial charge in [0.25, 0.3) is 10.2 Å². The third-order valence-corrected chi connectivity index (χ3v) is 4.88. The molecule has 18 heavy (non-hydrogen) atoms. The van der Waals surface area contributed by atoms with Gasteiger partial charge in [0.1, 0.15) is 0 Å². The van der Waals surface area contributed by atoms with Gasteiger partial charge in [-0.05, 0) is 19.3 Å². The van der Waals surface area contributed by atoms with Crippen molar-refractivity contribution < 1.29 is 8.42 Å². The predicted octanol–water partition coefficient (Wildman–Crippen LogP) is 1.26. The summed E-state index contributed by atoms with van der Waals surface area (Å²) in [4.78, 5) is 0. The first-order valence-corrected chi connectivity index (χ1v) is 8.50. The van der Waals surface area contributed by atoms with E-state index >= 15 is 0 Å². The van der Waals surface area contributed by atoms with Crippen LogP contribution in [0.1, 0.15) is 58.3 Å². The Balaban J connectivity index is 2.67. The number of hydrogen-bond donors (Lipinski definition) is 3. The zero-order valence-corrected chi connectivity index (χ0v) is 12.2. The van der Waals surface area contributed by atoms with E-state index in [1.807, 2.05) is 6.92 Å². The van der Waals surface area contributed by atoms with Gasteiger partial charge in [-0.15, -0.1) is 0 Å². The predicted molar refractivity (Wildman–Crippen MR) is 74.5 cm³/mol. The molecular formula is C12H27N3O2S. The van der Waals surface area contributed by atoms with Gasteiger partial charge in [0, 0.05) is 18.6 Å². The molecule has 0 aliphatic heterocycles. The van der Waals surface area contributed by atoms with Gasteiger partial charge in [-0.25, -0.2) is 4.72 Å². The third kappa shape index (κ3) is 5.22. The molecule has 0 spiro atoms. The van der Waals surface area contributed by atoms with Crippen molar-refractivity contribution in [1.82, 2.24) is 9.44 Å². The first-order valence-electron chi connectivity index (χ1n) is 7.02. The van der Waals surface area contributed by atoms with Crippen molar-refractivity contribution in [3.63, 3.8) is 0 Å². The zero-order chi connectivity index (χ0) is 13.5. The van der Waals surface area contributed by atoms with Gasteiger partial charge in [-0.2, -0.15) is 13.1 Å². The Morgan fingerprint density at radius 3 is 2.17 bits per heavy atom. The van der Waals surface area contributed by atoms with E-state index in [-0.39, 0.29) is 0 Å². The van der Waals surface area contributed by atoms with Crippen molar-refractivity contribution in [2.45, 2.75) is 63.8 Å². The van der Waals surface area contributed by atoms with Crippen molar-refractivity contribution >= 4 is 10.2 Å². The molecule has 0 heterocycles. The van der Waals surface area contributed by atoms with Crippen LogP contribution < -0.4 is 15.2 Å². The summed E-state index contributed by atoms with van der Waals surface area (Å²) in [6, 6.07) is 0. The SMILES string of the molecule is CCCNS(=O)(=O)NC1(CN)CCCCCCC1. The number of hydrogen-bond acceptors (Lipinski definition) is 3. The average molecular weight is 277 g/mol. The lowest BCUT2D eigenvalue weighted by atomic mass is 9.85. The molecule has 6 heteroatoms. The van der Waals surface area contributed by atoms with E-state index < -0.39 is 15.7 Å². The molecule has 0 amide bonds. The monoisotopic (exact) mass is 277 g/mol. The topological polar surface area (TPSA) is 84.2 Å². The Morgan fingerprint density at radius 1 is 1.11 bits per heavy atom. The van der Waals surface area contributed by atoms with Crippen molar-refractivity contribution in [3.8, 4) is 0 Å². The van der Waals surface area contributed by atoms with E-state index in [0.29, 0.717) is 13.1 Å². The zero-order valence-electron chi connectivity index (χ0n) is 11.4. The van der Waals surface area contributed by atoms with Gasteiger partial charge in [-0.1, -0.05) is 39.0 Å². The Labute approximate surface area is 111 Å². The van der Waals surface area contributed by atoms with Crippen molar-refractivity contribution in [2.75, 3.05) is 13.1 Å². The van der Waals surface area contributed by atoms with Crippen molar-refractivity contribution in [3.05, 3.63) is 0 Å². The molecule has 0 unspecified atom stereocenters. The summed E-state index contributed by atoms with van der Waals surface area (Å²) in [7, 11) is -3.42. The standard InChI is InChI=1S/C12H27N3O2S/c1-2-10-14-18(16,17)15-12(11-13)8-6-4-3-5-7-9-12/h14-15H,2-11,13H2,1H3. The van der Waals surface area contributed by atoms with Crippen molar-refractivity contribution in [1.29, 1.82) is 0 Å². The quantitative estimate of drug-likeness (QED) is 0.683. The summed E-state index contributed by atoms with van der Waals surface area (Å²) in [5.74, 6) is 0. The minimum absolute atomic E-state index is 0.375. The minimum atomic E-state index is -3.42. The van der Waals surface area contributed by atoms with Crippen LogP contribution >= 0.6 is 0 Å². The highest BCUT2D eigenvalue weighted by atomic mass is 32.2. The van der Waals surface area contributed by atoms with Crippen LogP contribution in [0.5, 0.6) is 0 Å². The van der Waals surface area contributed by atoms with Crippen LogP contribution in [0.25, 0.3) is 0 Å². The third-order valence-electron chi connectivity index (χ3n) is 3.59. The highest BCUT2D eigenvalue weighted by Crippen LogP contribution is 2.26. The van der Waals surface area contributed by atoms with Crippen LogP contribution in [0.4, 0.5) is 0 Å². The molecule has 0 radical (unpaired) electrons. The van der Waals surface area contributed by atoms with Crippen LogP contribution in [0.3, 0.4) is 0 Å². The molecule has 1 rings (SSSR count). The molecule has 4 N–H and O–H groups in total. The molecule has 1 saturated carbocycles. The highest BCUT2D eigenvalue weighted by Gasteiger charge is 2.32. The van der Waals surface area contributed by atoms with Crippen LogP contribution in [0.15, 0.2) is 0 Å². The molecule has 0 aromatic heterocycles. The highest BCUT2D eigenvalue weighted by molar-refractivity contribution is 7.87. The Kier molecular flexibility index (Phi) is 6.55. The van der Waals surface area contributed by atoms with Gasteiger partial charge < -0.3 is 5.73 Å². The van der Waals surface area contributed by atoms with Gasteiger partial charge >= 0.3 is 0 Å². The summed E-state index contributed by atoms with van der Waals surface area (Å²) in [6.07, 6.45) is 8.17. The molecular weight excluding hydrogens is 250 g/mol. The largest absolute Gasteiger partial charge is 0.329 e. The number of nitrogens with two attached hydrogens (primary N) is 1. The molecule has 1 fully saturated rings. The molecule has 0 aromatic rings. The smallest absolute Gasteiger partial charge is 0.277 e. The van der Waals surface area contributed by atoms with Crippen LogP contribution in [0, 0.1) is 0 Å². The maximum atomic E-state index is 11.9. The van der Waals surface area contributed by atoms with E-state index in [0.717, 1.165) is 32.1 Å². The van der Waals surface area contributed by atoms with Crippen LogP contribution in [0.2, 0.25) is 0 Å². The number of rotatable bonds is 6. The second-order valence-electron chi connectivity index (χ2n) is 5.25. The van der Waals surface area contributed by atoms with E-state index in [9.17, 15) is 8.42 Å². The molecule has 5 nitrogen and oxygen atoms in total. The second kappa shape index (κ2) is 7.43. The summed E-state index contributed by atoms with van der Waals surface area (Å²) in [5, 5.41) is 0. The Hall–Kier alpha value is -0.170. The summed E-state index contributed by atoms with van der Waals surface area (Å²) < 4.78 is 29.2. The average Bonchev–Trinajstić information content (AvgIpc) is 2.30. The normalized spacial score (nSPS) is 21.2. The second-order valence-corrected chi connectivity index (χ2v) is 6.75. The maximum absolute atomic E-state index is 11.9. The molecule has 0 bridgehead atoms. The fourth-order valence-corrected chi connectivity index (χ4v) is 3.89. The van der Waals surface area contributed by atoms with Gasteiger partial charge in [0.2, 0.25) is 0 Å². The van der Waals surface area contributed by atoms with Gasteiger partial charge in [-0.3, -0.25) is 0 Å². The Morgan fingerprint density at radius 2 is 1.67 bits per heavy atom. The minimum Gasteiger partial charge on any atom is -0.329 e. The van der Waals surface area contributed by atoms with Crippen molar-refractivity contribution in [2.24, 2.45) is 5.73 Å². The fourth-order valence-electron chi connectivity index (χ4n) is 2.49. The van der Waals surface area contributed by atoms with Crippen LogP contribution in [-0.2, 0) is 10.2 Å². The van der Waals surface area contributed by atoms with Gasteiger partial charge in [0.15, 0.2) is 0 Å². The van der Waals surface area contributed by atoms with E-state index in [2.05, 4.69) is 9.44 Å². The van der Waals surface area contributed by atoms with Gasteiger partial charge in [0.05, 0.1) is 0 Å². The lowest BCUT2D eigenvalue weighted by molar-refractivity contribution is 0.295. The fraction of sp³-hybridized carbons (Fsp3) is 1.00. The first kappa shape index (κ1) is 15.9. The summed E-state index contributed by atoms with van der Waals surface area (Å²) in [6.45, 7) is 2.78. The summed E-state index contributed by atoms with van der Waals surface area (Å²) in [5.41, 5.74) is 5.40. The lowest BCUT2D eigenvalue weighted by Crippen LogP contribution is -2.56. The Bertz CT molecular complexity index is 322. The molecule has 0 saturated heterocycles. The van der Waals surface area contributed by atoms with E-state index in [1.165, 1.54) is 19.3 Å². The summed E-state index contributed by atoms with van der Waals surface area (Å²) >= 11 is 0. The molecule has 1 aliphatic rings. The van der Waals surface area contributed by atoms with E-state index in [1.54, 1.807) is 0 Å². The van der Waals surface area contributed by atoms with E-state index in [4.69, 9.17) is 5.73 Å². The molecule has 0 atom stereocenters. The number of nitrogens with one attached hydrogen (secondary N) is 2. The maximum Gasteiger partial charge on any atom is 0.277 e. The lowest BCUT2D eigenvalue weighted by Gasteiger charge is -2.34. The molecule has 1 aliphatic carbocycles. The first-order chi connectivity index (χ1) is 8.54. The van der Waals surface area contributed by atoms with Crippen LogP contribution in [-0.4, -0.2) is 27.0 Å².